The summed E-state index contributed by atoms with van der Waals surface area (Å²) in [6, 6.07) is 0. The van der Waals surface area contributed by atoms with E-state index in [1.54, 1.807) is 0 Å². The van der Waals surface area contributed by atoms with Gasteiger partial charge in [-0.05, 0) is 56.3 Å². The number of hydrogen-bond acceptors (Lipinski definition) is 3. The van der Waals surface area contributed by atoms with Crippen LogP contribution in [-0.4, -0.2) is 29.2 Å². The van der Waals surface area contributed by atoms with Crippen LogP contribution in [0.25, 0.3) is 0 Å². The van der Waals surface area contributed by atoms with Crippen LogP contribution in [0, 0.1) is 17.8 Å². The fourth-order valence-electron chi connectivity index (χ4n) is 6.06. The molecule has 5 aliphatic rings. The molecule has 4 saturated carbocycles. The molecule has 4 aliphatic carbocycles. The van der Waals surface area contributed by atoms with Gasteiger partial charge in [0, 0.05) is 18.6 Å². The second kappa shape index (κ2) is 4.56. The first-order valence-corrected chi connectivity index (χ1v) is 8.67. The number of imidazole rings is 1. The van der Waals surface area contributed by atoms with Gasteiger partial charge in [-0.15, -0.1) is 0 Å². The molecule has 1 atom stereocenters. The first-order valence-electron chi connectivity index (χ1n) is 8.67. The van der Waals surface area contributed by atoms with Crippen LogP contribution in [0.2, 0.25) is 0 Å². The predicted molar refractivity (Wildman–Crippen MR) is 79.9 cm³/mol. The first kappa shape index (κ1) is 12.7. The zero-order valence-corrected chi connectivity index (χ0v) is 12.6. The molecule has 114 valence electrons. The van der Waals surface area contributed by atoms with Gasteiger partial charge in [-0.2, -0.15) is 0 Å². The van der Waals surface area contributed by atoms with Crippen LogP contribution in [0.4, 0.5) is 0 Å². The minimum absolute atomic E-state index is 0.189. The molecule has 1 N–H and O–H groups in total. The summed E-state index contributed by atoms with van der Waals surface area (Å²) < 4.78 is 8.54. The van der Waals surface area contributed by atoms with Crippen molar-refractivity contribution in [3.8, 4) is 0 Å². The van der Waals surface area contributed by atoms with Crippen molar-refractivity contribution in [2.45, 2.75) is 50.2 Å². The van der Waals surface area contributed by atoms with E-state index in [0.29, 0.717) is 5.54 Å². The van der Waals surface area contributed by atoms with E-state index in [1.165, 1.54) is 44.2 Å². The third kappa shape index (κ3) is 1.92. The highest BCUT2D eigenvalue weighted by Crippen LogP contribution is 2.59. The summed E-state index contributed by atoms with van der Waals surface area (Å²) in [4.78, 5) is 4.51. The van der Waals surface area contributed by atoms with Crippen molar-refractivity contribution in [1.82, 2.24) is 14.9 Å². The van der Waals surface area contributed by atoms with Crippen molar-refractivity contribution in [3.63, 3.8) is 0 Å². The number of ether oxygens (including phenoxy) is 1. The molecule has 1 aromatic rings. The monoisotopic (exact) mass is 287 g/mol. The number of morpholine rings is 1. The van der Waals surface area contributed by atoms with Crippen LogP contribution >= 0.6 is 0 Å². The number of rotatable bonds is 2. The number of nitrogens with zero attached hydrogens (tertiary/aromatic N) is 2. The van der Waals surface area contributed by atoms with E-state index in [0.717, 1.165) is 37.5 Å². The Labute approximate surface area is 126 Å². The summed E-state index contributed by atoms with van der Waals surface area (Å²) in [5.74, 6) is 2.91. The molecule has 0 aromatic carbocycles. The van der Waals surface area contributed by atoms with Crippen molar-refractivity contribution < 1.29 is 4.74 Å². The average molecular weight is 287 g/mol. The van der Waals surface area contributed by atoms with Crippen molar-refractivity contribution in [2.24, 2.45) is 17.8 Å². The summed E-state index contributed by atoms with van der Waals surface area (Å²) in [5, 5.41) is 3.46. The van der Waals surface area contributed by atoms with Crippen molar-refractivity contribution in [3.05, 3.63) is 18.2 Å². The Morgan fingerprint density at radius 1 is 1.14 bits per heavy atom. The van der Waals surface area contributed by atoms with Gasteiger partial charge in [0.2, 0.25) is 0 Å². The lowest BCUT2D eigenvalue weighted by Gasteiger charge is -2.57. The Hall–Kier alpha value is -0.870. The molecule has 1 unspecified atom stereocenters. The van der Waals surface area contributed by atoms with Gasteiger partial charge in [-0.25, -0.2) is 4.98 Å². The maximum atomic E-state index is 6.00. The summed E-state index contributed by atoms with van der Waals surface area (Å²) >= 11 is 0. The van der Waals surface area contributed by atoms with Crippen LogP contribution in [0.5, 0.6) is 0 Å². The fourth-order valence-corrected chi connectivity index (χ4v) is 6.06. The lowest BCUT2D eigenvalue weighted by atomic mass is 9.53. The molecule has 1 saturated heterocycles. The SMILES string of the molecule is c1ncn(C23CC4CC(CC(C4)C2)C3)c1C1CNCCO1. The predicted octanol–water partition coefficient (Wildman–Crippen LogP) is 2.47. The molecule has 0 amide bonds. The first-order chi connectivity index (χ1) is 10.3. The number of nitrogens with one attached hydrogen (secondary N) is 1. The zero-order chi connectivity index (χ0) is 13.9. The minimum atomic E-state index is 0.189. The Morgan fingerprint density at radius 3 is 2.48 bits per heavy atom. The number of aromatic nitrogens is 2. The molecular weight excluding hydrogens is 262 g/mol. The molecule has 2 heterocycles. The maximum Gasteiger partial charge on any atom is 0.111 e. The molecule has 4 nitrogen and oxygen atoms in total. The van der Waals surface area contributed by atoms with Crippen LogP contribution in [0.1, 0.15) is 50.3 Å². The standard InChI is InChI=1S/C17H25N3O/c1-2-21-16(10-18-1)15-9-19-11-20(15)17-6-12-3-13(7-17)5-14(4-12)8-17/h9,11-14,16,18H,1-8,10H2. The Bertz CT molecular complexity index is 497. The van der Waals surface area contributed by atoms with E-state index in [4.69, 9.17) is 4.74 Å². The zero-order valence-electron chi connectivity index (χ0n) is 12.6. The lowest BCUT2D eigenvalue weighted by molar-refractivity contribution is -0.0510. The molecule has 4 heteroatoms. The van der Waals surface area contributed by atoms with Crippen molar-refractivity contribution in [1.29, 1.82) is 0 Å². The van der Waals surface area contributed by atoms with Gasteiger partial charge in [0.05, 0.1) is 24.8 Å². The normalized spacial score (nSPS) is 45.1. The minimum Gasteiger partial charge on any atom is -0.369 e. The molecule has 21 heavy (non-hydrogen) atoms. The third-order valence-electron chi connectivity index (χ3n) is 6.44. The van der Waals surface area contributed by atoms with Crippen LogP contribution < -0.4 is 5.32 Å². The molecule has 0 spiro atoms. The Kier molecular flexibility index (Phi) is 2.75. The third-order valence-corrected chi connectivity index (χ3v) is 6.44. The summed E-state index contributed by atoms with van der Waals surface area (Å²) in [5.41, 5.74) is 1.67. The smallest absolute Gasteiger partial charge is 0.111 e. The second-order valence-corrected chi connectivity index (χ2v) is 7.89. The molecule has 4 bridgehead atoms. The van der Waals surface area contributed by atoms with Gasteiger partial charge in [0.25, 0.3) is 0 Å². The van der Waals surface area contributed by atoms with Gasteiger partial charge in [-0.3, -0.25) is 0 Å². The van der Waals surface area contributed by atoms with E-state index < -0.39 is 0 Å². The highest BCUT2D eigenvalue weighted by atomic mass is 16.5. The highest BCUT2D eigenvalue weighted by molar-refractivity contribution is 5.14. The van der Waals surface area contributed by atoms with Crippen molar-refractivity contribution in [2.75, 3.05) is 19.7 Å². The van der Waals surface area contributed by atoms with E-state index in [2.05, 4.69) is 27.4 Å². The van der Waals surface area contributed by atoms with Crippen molar-refractivity contribution >= 4 is 0 Å². The average Bonchev–Trinajstić information content (AvgIpc) is 2.97. The number of hydrogen-bond donors (Lipinski definition) is 1. The molecule has 1 aliphatic heterocycles. The van der Waals surface area contributed by atoms with Crippen LogP contribution in [0.3, 0.4) is 0 Å². The molecule has 0 radical (unpaired) electrons. The van der Waals surface area contributed by atoms with E-state index in [9.17, 15) is 0 Å². The Morgan fingerprint density at radius 2 is 1.86 bits per heavy atom. The van der Waals surface area contributed by atoms with Gasteiger partial charge < -0.3 is 14.6 Å². The summed E-state index contributed by atoms with van der Waals surface area (Å²) in [7, 11) is 0. The van der Waals surface area contributed by atoms with Gasteiger partial charge in [0.15, 0.2) is 0 Å². The molecule has 6 rings (SSSR count). The molecule has 5 fully saturated rings. The highest BCUT2D eigenvalue weighted by Gasteiger charge is 2.52. The molecule has 1 aromatic heterocycles. The van der Waals surface area contributed by atoms with E-state index >= 15 is 0 Å². The summed E-state index contributed by atoms with van der Waals surface area (Å²) in [6.45, 7) is 2.72. The quantitative estimate of drug-likeness (QED) is 0.908. The van der Waals surface area contributed by atoms with E-state index in [1.807, 2.05) is 0 Å². The van der Waals surface area contributed by atoms with Gasteiger partial charge in [-0.1, -0.05) is 0 Å². The fraction of sp³-hybridized carbons (Fsp3) is 0.824. The van der Waals surface area contributed by atoms with Crippen LogP contribution in [-0.2, 0) is 10.3 Å². The Balaban J connectivity index is 1.51. The lowest BCUT2D eigenvalue weighted by Crippen LogP contribution is -2.52. The second-order valence-electron chi connectivity index (χ2n) is 7.89. The topological polar surface area (TPSA) is 39.1 Å². The maximum absolute atomic E-state index is 6.00. The van der Waals surface area contributed by atoms with E-state index in [-0.39, 0.29) is 6.10 Å². The largest absolute Gasteiger partial charge is 0.369 e. The molecular formula is C17H25N3O. The van der Waals surface area contributed by atoms with Gasteiger partial charge in [0.1, 0.15) is 6.10 Å². The van der Waals surface area contributed by atoms with Crippen LogP contribution in [0.15, 0.2) is 12.5 Å². The van der Waals surface area contributed by atoms with Gasteiger partial charge >= 0.3 is 0 Å². The summed E-state index contributed by atoms with van der Waals surface area (Å²) in [6.07, 6.45) is 12.9.